The molecule has 1 aromatic rings. The molecule has 112 valence electrons. The van der Waals surface area contributed by atoms with Crippen LogP contribution in [0, 0.1) is 0 Å². The Morgan fingerprint density at radius 3 is 2.40 bits per heavy atom. The monoisotopic (exact) mass is 291 g/mol. The van der Waals surface area contributed by atoms with Crippen LogP contribution in [0.4, 0.5) is 13.2 Å². The van der Waals surface area contributed by atoms with Gasteiger partial charge in [0.15, 0.2) is 5.78 Å². The maximum absolute atomic E-state index is 12.0. The maximum atomic E-state index is 12.0. The number of Topliss-reactive ketones (excluding diaryl/α,β-unsaturated/α-hetero) is 1. The van der Waals surface area contributed by atoms with E-state index in [4.69, 9.17) is 10.5 Å². The zero-order valence-corrected chi connectivity index (χ0v) is 10.9. The molecule has 1 unspecified atom stereocenters. The van der Waals surface area contributed by atoms with Crippen molar-refractivity contribution in [2.75, 3.05) is 13.7 Å². The molecule has 0 amide bonds. The number of halogens is 3. The molecule has 20 heavy (non-hydrogen) atoms. The molecule has 1 atom stereocenters. The minimum atomic E-state index is -4.74. The van der Waals surface area contributed by atoms with Crippen LogP contribution in [-0.2, 0) is 4.74 Å². The Morgan fingerprint density at radius 2 is 1.90 bits per heavy atom. The van der Waals surface area contributed by atoms with Gasteiger partial charge in [0.2, 0.25) is 0 Å². The highest BCUT2D eigenvalue weighted by Gasteiger charge is 2.31. The number of benzene rings is 1. The van der Waals surface area contributed by atoms with E-state index < -0.39 is 6.36 Å². The normalized spacial score (nSPS) is 13.1. The molecule has 1 rings (SSSR count). The van der Waals surface area contributed by atoms with Gasteiger partial charge in [0.25, 0.3) is 0 Å². The summed E-state index contributed by atoms with van der Waals surface area (Å²) in [6.07, 6.45) is -4.09. The van der Waals surface area contributed by atoms with Crippen LogP contribution in [-0.4, -0.2) is 31.9 Å². The van der Waals surface area contributed by atoms with E-state index in [-0.39, 0.29) is 24.0 Å². The van der Waals surface area contributed by atoms with Crippen LogP contribution in [0.5, 0.6) is 5.75 Å². The summed E-state index contributed by atoms with van der Waals surface area (Å²) in [5.74, 6) is -0.593. The average Bonchev–Trinajstić information content (AvgIpc) is 2.35. The van der Waals surface area contributed by atoms with Gasteiger partial charge in [0.1, 0.15) is 5.75 Å². The van der Waals surface area contributed by atoms with Gasteiger partial charge in [-0.2, -0.15) is 0 Å². The lowest BCUT2D eigenvalue weighted by Crippen LogP contribution is -2.25. The van der Waals surface area contributed by atoms with Gasteiger partial charge in [-0.3, -0.25) is 4.79 Å². The number of nitrogens with two attached hydrogens (primary N) is 1. The van der Waals surface area contributed by atoms with Crippen LogP contribution < -0.4 is 10.5 Å². The summed E-state index contributed by atoms with van der Waals surface area (Å²) < 4.78 is 44.5. The van der Waals surface area contributed by atoms with Crippen molar-refractivity contribution in [3.8, 4) is 5.75 Å². The Labute approximate surface area is 114 Å². The smallest absolute Gasteiger partial charge is 0.406 e. The van der Waals surface area contributed by atoms with E-state index in [1.807, 2.05) is 0 Å². The highest BCUT2D eigenvalue weighted by Crippen LogP contribution is 2.23. The molecule has 4 nitrogen and oxygen atoms in total. The quantitative estimate of drug-likeness (QED) is 0.784. The fourth-order valence-corrected chi connectivity index (χ4v) is 1.57. The summed E-state index contributed by atoms with van der Waals surface area (Å²) in [5.41, 5.74) is 6.04. The number of rotatable bonds is 7. The number of carbonyl (C=O) groups is 1. The van der Waals surface area contributed by atoms with Crippen molar-refractivity contribution in [2.45, 2.75) is 25.2 Å². The van der Waals surface area contributed by atoms with E-state index >= 15 is 0 Å². The molecule has 0 aliphatic rings. The van der Waals surface area contributed by atoms with E-state index in [2.05, 4.69) is 4.74 Å². The van der Waals surface area contributed by atoms with Crippen LogP contribution in [0.25, 0.3) is 0 Å². The molecule has 0 saturated carbocycles. The molecule has 1 aromatic carbocycles. The Bertz CT molecular complexity index is 431. The second-order valence-corrected chi connectivity index (χ2v) is 4.24. The largest absolute Gasteiger partial charge is 0.573 e. The first-order valence-electron chi connectivity index (χ1n) is 5.95. The highest BCUT2D eigenvalue weighted by molar-refractivity contribution is 5.96. The van der Waals surface area contributed by atoms with Crippen LogP contribution in [0.2, 0.25) is 0 Å². The minimum absolute atomic E-state index is 0.114. The summed E-state index contributed by atoms with van der Waals surface area (Å²) >= 11 is 0. The van der Waals surface area contributed by atoms with Crippen LogP contribution >= 0.6 is 0 Å². The molecule has 0 spiro atoms. The fourth-order valence-electron chi connectivity index (χ4n) is 1.57. The number of carbonyl (C=O) groups excluding carboxylic acids is 1. The van der Waals surface area contributed by atoms with E-state index in [1.54, 1.807) is 0 Å². The van der Waals surface area contributed by atoms with E-state index in [0.29, 0.717) is 18.6 Å². The SMILES string of the molecule is COCCC(N)CC(=O)c1ccc(OC(F)(F)F)cc1. The van der Waals surface area contributed by atoms with Gasteiger partial charge >= 0.3 is 6.36 Å². The van der Waals surface area contributed by atoms with Gasteiger partial charge < -0.3 is 15.2 Å². The lowest BCUT2D eigenvalue weighted by Gasteiger charge is -2.11. The van der Waals surface area contributed by atoms with Crippen molar-refractivity contribution in [1.29, 1.82) is 0 Å². The highest BCUT2D eigenvalue weighted by atomic mass is 19.4. The predicted molar refractivity (Wildman–Crippen MR) is 66.5 cm³/mol. The third-order valence-electron chi connectivity index (χ3n) is 2.55. The fraction of sp³-hybridized carbons (Fsp3) is 0.462. The molecule has 0 aromatic heterocycles. The molecule has 0 heterocycles. The van der Waals surface area contributed by atoms with Crippen molar-refractivity contribution >= 4 is 5.78 Å². The van der Waals surface area contributed by atoms with Gasteiger partial charge in [-0.1, -0.05) is 0 Å². The second kappa shape index (κ2) is 7.25. The molecule has 0 bridgehead atoms. The molecule has 0 aliphatic heterocycles. The summed E-state index contributed by atoms with van der Waals surface area (Å²) in [7, 11) is 1.54. The number of ketones is 1. The van der Waals surface area contributed by atoms with Crippen molar-refractivity contribution in [2.24, 2.45) is 5.73 Å². The molecule has 0 radical (unpaired) electrons. The summed E-state index contributed by atoms with van der Waals surface area (Å²) in [6, 6.07) is 4.43. The topological polar surface area (TPSA) is 61.5 Å². The van der Waals surface area contributed by atoms with E-state index in [1.165, 1.54) is 19.2 Å². The zero-order chi connectivity index (χ0) is 15.2. The number of hydrogen-bond donors (Lipinski definition) is 1. The molecule has 2 N–H and O–H groups in total. The molecule has 0 saturated heterocycles. The van der Waals surface area contributed by atoms with Gasteiger partial charge in [-0.15, -0.1) is 13.2 Å². The number of alkyl halides is 3. The van der Waals surface area contributed by atoms with E-state index in [9.17, 15) is 18.0 Å². The van der Waals surface area contributed by atoms with Crippen molar-refractivity contribution in [3.63, 3.8) is 0 Å². The Balaban J connectivity index is 2.57. The van der Waals surface area contributed by atoms with Gasteiger partial charge in [-0.25, -0.2) is 0 Å². The van der Waals surface area contributed by atoms with Gasteiger partial charge in [0.05, 0.1) is 0 Å². The summed E-state index contributed by atoms with van der Waals surface area (Å²) in [4.78, 5) is 11.8. The molecule has 0 aliphatic carbocycles. The molecule has 0 fully saturated rings. The lowest BCUT2D eigenvalue weighted by molar-refractivity contribution is -0.274. The predicted octanol–water partition coefficient (Wildman–Crippen LogP) is 2.52. The summed E-state index contributed by atoms with van der Waals surface area (Å²) in [5, 5.41) is 0. The first kappa shape index (κ1) is 16.5. The second-order valence-electron chi connectivity index (χ2n) is 4.24. The van der Waals surface area contributed by atoms with Gasteiger partial charge in [-0.05, 0) is 30.7 Å². The first-order valence-corrected chi connectivity index (χ1v) is 5.95. The number of ether oxygens (including phenoxy) is 2. The summed E-state index contributed by atoms with van der Waals surface area (Å²) in [6.45, 7) is 0.451. The Hall–Kier alpha value is -1.60. The average molecular weight is 291 g/mol. The maximum Gasteiger partial charge on any atom is 0.573 e. The standard InChI is InChI=1S/C13H16F3NO3/c1-19-7-6-10(17)8-12(18)9-2-4-11(5-3-9)20-13(14,15)16/h2-5,10H,6-8,17H2,1H3. The molecule has 7 heteroatoms. The zero-order valence-electron chi connectivity index (χ0n) is 10.9. The van der Waals surface area contributed by atoms with Gasteiger partial charge in [0, 0.05) is 31.7 Å². The number of methoxy groups -OCH3 is 1. The van der Waals surface area contributed by atoms with Crippen molar-refractivity contribution in [1.82, 2.24) is 0 Å². The Kier molecular flexibility index (Phi) is 5.97. The van der Waals surface area contributed by atoms with Crippen LogP contribution in [0.1, 0.15) is 23.2 Å². The Morgan fingerprint density at radius 1 is 1.30 bits per heavy atom. The first-order chi connectivity index (χ1) is 9.31. The van der Waals surface area contributed by atoms with E-state index in [0.717, 1.165) is 12.1 Å². The molecular weight excluding hydrogens is 275 g/mol. The van der Waals surface area contributed by atoms with Crippen molar-refractivity contribution in [3.05, 3.63) is 29.8 Å². The van der Waals surface area contributed by atoms with Crippen molar-refractivity contribution < 1.29 is 27.4 Å². The minimum Gasteiger partial charge on any atom is -0.406 e. The molecular formula is C13H16F3NO3. The van der Waals surface area contributed by atoms with Crippen LogP contribution in [0.15, 0.2) is 24.3 Å². The third kappa shape index (κ3) is 6.03. The van der Waals surface area contributed by atoms with Crippen LogP contribution in [0.3, 0.4) is 0 Å². The lowest BCUT2D eigenvalue weighted by atomic mass is 10.0. The third-order valence-corrected chi connectivity index (χ3v) is 2.55. The number of hydrogen-bond acceptors (Lipinski definition) is 4.